The second-order valence-corrected chi connectivity index (χ2v) is 6.01. The van der Waals surface area contributed by atoms with Crippen LogP contribution in [0.2, 0.25) is 0 Å². The molecule has 0 heterocycles. The van der Waals surface area contributed by atoms with Crippen LogP contribution in [0.5, 0.6) is 0 Å². The molecule has 0 aliphatic heterocycles. The van der Waals surface area contributed by atoms with Gasteiger partial charge in [0.15, 0.2) is 0 Å². The van der Waals surface area contributed by atoms with Crippen LogP contribution in [0, 0.1) is 0 Å². The molecule has 0 fully saturated rings. The summed E-state index contributed by atoms with van der Waals surface area (Å²) in [6.45, 7) is 2.31. The number of hydrogen-bond acceptors (Lipinski definition) is 4. The standard InChI is InChI=1S/C3H9O2PS2.Zn/c1-2-3-5-6(4,7)8;/h2-3H2,1H3,(H2,4,7,8);/q;+2/p-2. The zero-order valence-electron chi connectivity index (χ0n) is 5.20. The van der Waals surface area contributed by atoms with E-state index in [1.54, 1.807) is 0 Å². The first-order valence-corrected chi connectivity index (χ1v) is 5.88. The molecule has 0 saturated carbocycles. The zero-order valence-corrected chi connectivity index (χ0v) is 10.7. The van der Waals surface area contributed by atoms with E-state index in [0.717, 1.165) is 6.42 Å². The summed E-state index contributed by atoms with van der Waals surface area (Å²) in [7, 11) is 0. The Morgan fingerprint density at radius 3 is 2.11 bits per heavy atom. The van der Waals surface area contributed by atoms with Gasteiger partial charge in [0.05, 0.1) is 6.61 Å². The third kappa shape index (κ3) is 12.8. The molecule has 0 aliphatic carbocycles. The van der Waals surface area contributed by atoms with Gasteiger partial charge in [0.1, 0.15) is 0 Å². The molecule has 0 radical (unpaired) electrons. The first kappa shape index (κ1) is 13.3. The van der Waals surface area contributed by atoms with E-state index in [-0.39, 0.29) is 19.5 Å². The van der Waals surface area contributed by atoms with Crippen molar-refractivity contribution in [2.24, 2.45) is 0 Å². The molecule has 0 aromatic carbocycles. The van der Waals surface area contributed by atoms with Gasteiger partial charge >= 0.3 is 19.5 Å². The summed E-state index contributed by atoms with van der Waals surface area (Å²) in [5.41, 5.74) is 0. The van der Waals surface area contributed by atoms with E-state index in [9.17, 15) is 4.89 Å². The molecule has 0 rings (SSSR count). The molecule has 0 atom stereocenters. The maximum Gasteiger partial charge on any atom is 2.00 e. The summed E-state index contributed by atoms with van der Waals surface area (Å²) < 4.78 is 4.56. The Morgan fingerprint density at radius 2 is 2.00 bits per heavy atom. The molecule has 0 unspecified atom stereocenters. The van der Waals surface area contributed by atoms with E-state index in [2.05, 4.69) is 29.0 Å². The predicted octanol–water partition coefficient (Wildman–Crippen LogP) is 0.542. The third-order valence-corrected chi connectivity index (χ3v) is 1.58. The van der Waals surface area contributed by atoms with E-state index >= 15 is 0 Å². The summed E-state index contributed by atoms with van der Waals surface area (Å²) in [4.78, 5) is 10.4. The monoisotopic (exact) mass is 234 g/mol. The molecule has 0 aromatic rings. The van der Waals surface area contributed by atoms with Gasteiger partial charge in [0.25, 0.3) is 0 Å². The molecule has 0 aliphatic rings. The number of hydrogen-bond donors (Lipinski definition) is 0. The fourth-order valence-electron chi connectivity index (χ4n) is 0.203. The SMILES string of the molecule is CCCO[P+]([O-])([S-])[S-].[Zn+2]. The first-order chi connectivity index (χ1) is 3.56. The van der Waals surface area contributed by atoms with Crippen LogP contribution < -0.4 is 4.89 Å². The molecular weight excluding hydrogens is 229 g/mol. The van der Waals surface area contributed by atoms with E-state index in [4.69, 9.17) is 0 Å². The van der Waals surface area contributed by atoms with Crippen LogP contribution in [0.4, 0.5) is 0 Å². The first-order valence-electron chi connectivity index (χ1n) is 2.23. The van der Waals surface area contributed by atoms with Crippen LogP contribution in [0.15, 0.2) is 0 Å². The molecule has 0 spiro atoms. The fraction of sp³-hybridized carbons (Fsp3) is 1.00. The van der Waals surface area contributed by atoms with Crippen molar-refractivity contribution in [1.29, 1.82) is 0 Å². The molecule has 2 nitrogen and oxygen atoms in total. The molecule has 0 saturated heterocycles. The Kier molecular flexibility index (Phi) is 9.42. The van der Waals surface area contributed by atoms with E-state index in [0.29, 0.717) is 6.61 Å². The zero-order chi connectivity index (χ0) is 6.62. The van der Waals surface area contributed by atoms with Crippen LogP contribution in [0.3, 0.4) is 0 Å². The van der Waals surface area contributed by atoms with Crippen molar-refractivity contribution in [1.82, 2.24) is 0 Å². The Labute approximate surface area is 79.3 Å². The molecular formula is C3H7O2PS2Zn. The van der Waals surface area contributed by atoms with Gasteiger partial charge in [-0.05, 0) is 6.42 Å². The van der Waals surface area contributed by atoms with Crippen molar-refractivity contribution >= 4 is 30.6 Å². The van der Waals surface area contributed by atoms with Gasteiger partial charge < -0.3 is 29.4 Å². The quantitative estimate of drug-likeness (QED) is 0.406. The van der Waals surface area contributed by atoms with E-state index < -0.39 is 6.12 Å². The molecule has 6 heteroatoms. The molecule has 0 amide bonds. The molecule has 50 valence electrons. The molecule has 0 bridgehead atoms. The summed E-state index contributed by atoms with van der Waals surface area (Å²) in [6, 6.07) is 0. The van der Waals surface area contributed by atoms with Crippen molar-refractivity contribution in [3.05, 3.63) is 0 Å². The van der Waals surface area contributed by atoms with Crippen LogP contribution in [0.1, 0.15) is 13.3 Å². The largest absolute Gasteiger partial charge is 2.00 e. The molecule has 9 heavy (non-hydrogen) atoms. The third-order valence-electron chi connectivity index (χ3n) is 0.454. The van der Waals surface area contributed by atoms with Crippen LogP contribution in [-0.2, 0) is 48.5 Å². The minimum Gasteiger partial charge on any atom is -0.689 e. The number of rotatable bonds is 3. The summed E-state index contributed by atoms with van der Waals surface area (Å²) in [6.07, 6.45) is -2.21. The Balaban J connectivity index is 0. The van der Waals surface area contributed by atoms with Crippen molar-refractivity contribution in [2.75, 3.05) is 6.61 Å². The fourth-order valence-corrected chi connectivity index (χ4v) is 1.06. The topological polar surface area (TPSA) is 32.3 Å². The van der Waals surface area contributed by atoms with Gasteiger partial charge in [0, 0.05) is 0 Å². The Hall–Kier alpha value is 1.67. The van der Waals surface area contributed by atoms with Crippen LogP contribution >= 0.6 is 6.12 Å². The van der Waals surface area contributed by atoms with Gasteiger partial charge in [0.2, 0.25) is 0 Å². The Bertz CT molecular complexity index is 67.3. The van der Waals surface area contributed by atoms with Crippen LogP contribution in [-0.4, -0.2) is 6.61 Å². The summed E-state index contributed by atoms with van der Waals surface area (Å²) in [5, 5.41) is 0. The second-order valence-electron chi connectivity index (χ2n) is 1.28. The van der Waals surface area contributed by atoms with Gasteiger partial charge in [-0.3, -0.25) is 4.52 Å². The molecule has 0 N–H and O–H groups in total. The summed E-state index contributed by atoms with van der Waals surface area (Å²) in [5.74, 6) is 0. The Morgan fingerprint density at radius 1 is 1.56 bits per heavy atom. The minimum atomic E-state index is -3.02. The van der Waals surface area contributed by atoms with Gasteiger partial charge in [-0.25, -0.2) is 0 Å². The molecule has 0 aromatic heterocycles. The average molecular weight is 236 g/mol. The van der Waals surface area contributed by atoms with Crippen molar-refractivity contribution < 1.29 is 28.9 Å². The van der Waals surface area contributed by atoms with Gasteiger partial charge in [-0.1, -0.05) is 6.92 Å². The normalized spacial score (nSPS) is 10.7. The van der Waals surface area contributed by atoms with Crippen molar-refractivity contribution in [3.63, 3.8) is 0 Å². The van der Waals surface area contributed by atoms with Gasteiger partial charge in [-0.15, -0.1) is 0 Å². The van der Waals surface area contributed by atoms with Gasteiger partial charge in [-0.2, -0.15) is 6.12 Å². The average Bonchev–Trinajstić information content (AvgIpc) is 1.59. The summed E-state index contributed by atoms with van der Waals surface area (Å²) >= 11 is 8.60. The minimum absolute atomic E-state index is 0. The smallest absolute Gasteiger partial charge is 0.689 e. The maximum absolute atomic E-state index is 10.4. The maximum atomic E-state index is 10.4. The van der Waals surface area contributed by atoms with Crippen molar-refractivity contribution in [2.45, 2.75) is 13.3 Å². The van der Waals surface area contributed by atoms with Crippen LogP contribution in [0.25, 0.3) is 0 Å². The predicted molar refractivity (Wildman–Crippen MR) is 37.9 cm³/mol. The second kappa shape index (κ2) is 6.39. The van der Waals surface area contributed by atoms with E-state index in [1.807, 2.05) is 6.92 Å². The van der Waals surface area contributed by atoms with E-state index in [1.165, 1.54) is 0 Å². The van der Waals surface area contributed by atoms with Crippen molar-refractivity contribution in [3.8, 4) is 0 Å².